The van der Waals surface area contributed by atoms with E-state index in [1.165, 1.54) is 0 Å². The first-order chi connectivity index (χ1) is 11.4. The molecule has 0 saturated carbocycles. The molecule has 4 nitrogen and oxygen atoms in total. The molecule has 0 unspecified atom stereocenters. The molecule has 5 heteroatoms. The number of hydrogen-bond donors (Lipinski definition) is 1. The topological polar surface area (TPSA) is 49.8 Å². The van der Waals surface area contributed by atoms with Crippen LogP contribution in [0, 0.1) is 0 Å². The first-order valence-corrected chi connectivity index (χ1v) is 9.80. The van der Waals surface area contributed by atoms with Gasteiger partial charge in [0.1, 0.15) is 5.60 Å². The minimum atomic E-state index is -0.751. The molecule has 0 heterocycles. The molecule has 1 aromatic carbocycles. The number of aliphatic hydroxyl groups excluding tert-OH is 1. The van der Waals surface area contributed by atoms with Crippen molar-refractivity contribution in [3.05, 3.63) is 35.9 Å². The summed E-state index contributed by atoms with van der Waals surface area (Å²) >= 11 is 1.67. The van der Waals surface area contributed by atoms with E-state index >= 15 is 0 Å². The number of thioether (sulfide) groups is 1. The Morgan fingerprint density at radius 2 is 1.72 bits per heavy atom. The number of carbonyl (C=O) groups excluding carboxylic acids is 1. The van der Waals surface area contributed by atoms with Gasteiger partial charge < -0.3 is 9.84 Å². The van der Waals surface area contributed by atoms with Gasteiger partial charge >= 0.3 is 6.09 Å². The van der Waals surface area contributed by atoms with E-state index in [9.17, 15) is 9.90 Å². The Balaban J connectivity index is 3.06. The van der Waals surface area contributed by atoms with E-state index in [1.54, 1.807) is 16.7 Å². The molecule has 2 atom stereocenters. The van der Waals surface area contributed by atoms with E-state index in [2.05, 4.69) is 20.8 Å². The minimum absolute atomic E-state index is 0.0102. The summed E-state index contributed by atoms with van der Waals surface area (Å²) in [7, 11) is 0. The second-order valence-electron chi connectivity index (χ2n) is 8.17. The molecule has 0 spiro atoms. The maximum atomic E-state index is 12.8. The number of ether oxygens (including phenoxy) is 1. The molecule has 25 heavy (non-hydrogen) atoms. The molecule has 1 aromatic rings. The Morgan fingerprint density at radius 3 is 2.16 bits per heavy atom. The van der Waals surface area contributed by atoms with Crippen molar-refractivity contribution in [3.8, 4) is 0 Å². The molecular weight excluding hydrogens is 334 g/mol. The predicted octanol–water partition coefficient (Wildman–Crippen LogP) is 5.22. The number of hydrogen-bond acceptors (Lipinski definition) is 4. The number of carbonyl (C=O) groups is 1. The van der Waals surface area contributed by atoms with Gasteiger partial charge in [0.15, 0.2) is 0 Å². The third-order valence-corrected chi connectivity index (χ3v) is 4.86. The van der Waals surface area contributed by atoms with E-state index in [1.807, 2.05) is 58.0 Å². The van der Waals surface area contributed by atoms with Crippen LogP contribution < -0.4 is 0 Å². The summed E-state index contributed by atoms with van der Waals surface area (Å²) in [6.07, 6.45) is -0.495. The zero-order valence-corrected chi connectivity index (χ0v) is 17.4. The van der Waals surface area contributed by atoms with Crippen LogP contribution in [-0.4, -0.2) is 38.4 Å². The first-order valence-electron chi connectivity index (χ1n) is 8.81. The monoisotopic (exact) mass is 367 g/mol. The fourth-order valence-corrected chi connectivity index (χ4v) is 3.18. The zero-order valence-electron chi connectivity index (χ0n) is 16.6. The average molecular weight is 368 g/mol. The van der Waals surface area contributed by atoms with Crippen LogP contribution in [0.4, 0.5) is 4.79 Å². The highest BCUT2D eigenvalue weighted by Gasteiger charge is 2.33. The SMILES string of the molecule is CC[C@@H]([C@H](O)c1ccccc1)N(CSC(C)(C)C)C(=O)OC(C)(C)C. The van der Waals surface area contributed by atoms with Crippen molar-refractivity contribution in [1.82, 2.24) is 4.90 Å². The molecule has 0 fully saturated rings. The summed E-state index contributed by atoms with van der Waals surface area (Å²) < 4.78 is 5.61. The van der Waals surface area contributed by atoms with Gasteiger partial charge in [-0.3, -0.25) is 4.90 Å². The summed E-state index contributed by atoms with van der Waals surface area (Å²) in [6.45, 7) is 13.9. The molecule has 1 amide bonds. The van der Waals surface area contributed by atoms with E-state index < -0.39 is 11.7 Å². The van der Waals surface area contributed by atoms with Gasteiger partial charge in [-0.2, -0.15) is 0 Å². The van der Waals surface area contributed by atoms with Crippen LogP contribution >= 0.6 is 11.8 Å². The van der Waals surface area contributed by atoms with Crippen molar-refractivity contribution >= 4 is 17.9 Å². The lowest BCUT2D eigenvalue weighted by Crippen LogP contribution is -2.46. The molecule has 1 N–H and O–H groups in total. The van der Waals surface area contributed by atoms with Crippen LogP contribution in [0.5, 0.6) is 0 Å². The lowest BCUT2D eigenvalue weighted by molar-refractivity contribution is -0.00125. The lowest BCUT2D eigenvalue weighted by Gasteiger charge is -2.36. The highest BCUT2D eigenvalue weighted by Crippen LogP contribution is 2.30. The van der Waals surface area contributed by atoms with Gasteiger partial charge in [0.05, 0.1) is 18.0 Å². The third-order valence-electron chi connectivity index (χ3n) is 3.59. The summed E-state index contributed by atoms with van der Waals surface area (Å²) in [5.41, 5.74) is 0.237. The van der Waals surface area contributed by atoms with Crippen molar-refractivity contribution in [1.29, 1.82) is 0 Å². The molecular formula is C20H33NO3S. The number of aliphatic hydroxyl groups is 1. The number of rotatable bonds is 6. The Bertz CT molecular complexity index is 534. The standard InChI is InChI=1S/C20H33NO3S/c1-8-16(17(22)15-12-10-9-11-13-15)21(14-25-20(5,6)7)18(23)24-19(2,3)4/h9-13,16-17,22H,8,14H2,1-7H3/t16-,17+/m0/s1. The van der Waals surface area contributed by atoms with Crippen LogP contribution in [0.25, 0.3) is 0 Å². The van der Waals surface area contributed by atoms with Crippen molar-refractivity contribution in [2.24, 2.45) is 0 Å². The average Bonchev–Trinajstić information content (AvgIpc) is 2.48. The number of amides is 1. The quantitative estimate of drug-likeness (QED) is 0.700. The van der Waals surface area contributed by atoms with Gasteiger partial charge in [-0.25, -0.2) is 4.79 Å². The highest BCUT2D eigenvalue weighted by atomic mass is 32.2. The van der Waals surface area contributed by atoms with Crippen LogP contribution in [0.2, 0.25) is 0 Å². The Labute approximate surface area is 156 Å². The molecule has 0 bridgehead atoms. The summed E-state index contributed by atoms with van der Waals surface area (Å²) in [5.74, 6) is 0.473. The maximum Gasteiger partial charge on any atom is 0.411 e. The fraction of sp³-hybridized carbons (Fsp3) is 0.650. The van der Waals surface area contributed by atoms with Gasteiger partial charge in [0.25, 0.3) is 0 Å². The lowest BCUT2D eigenvalue weighted by atomic mass is 9.99. The molecule has 0 aliphatic carbocycles. The highest BCUT2D eigenvalue weighted by molar-refractivity contribution is 8.00. The molecule has 0 radical (unpaired) electrons. The second kappa shape index (κ2) is 8.95. The van der Waals surface area contributed by atoms with Crippen molar-refractivity contribution < 1.29 is 14.6 Å². The van der Waals surface area contributed by atoms with Crippen LogP contribution in [0.1, 0.15) is 66.6 Å². The first kappa shape index (κ1) is 21.8. The minimum Gasteiger partial charge on any atom is -0.444 e. The molecule has 0 saturated heterocycles. The smallest absolute Gasteiger partial charge is 0.411 e. The van der Waals surface area contributed by atoms with Gasteiger partial charge in [0, 0.05) is 4.75 Å². The van der Waals surface area contributed by atoms with Gasteiger partial charge in [-0.05, 0) is 32.8 Å². The van der Waals surface area contributed by atoms with E-state index in [0.29, 0.717) is 12.3 Å². The number of benzene rings is 1. The normalized spacial score (nSPS) is 14.7. The Kier molecular flexibility index (Phi) is 7.82. The predicted molar refractivity (Wildman–Crippen MR) is 106 cm³/mol. The van der Waals surface area contributed by atoms with Crippen LogP contribution in [-0.2, 0) is 4.74 Å². The maximum absolute atomic E-state index is 12.8. The Morgan fingerprint density at radius 1 is 1.16 bits per heavy atom. The van der Waals surface area contributed by atoms with Gasteiger partial charge in [-0.15, -0.1) is 11.8 Å². The van der Waals surface area contributed by atoms with E-state index in [0.717, 1.165) is 5.56 Å². The third kappa shape index (κ3) is 7.70. The molecule has 0 aliphatic rings. The summed E-state index contributed by atoms with van der Waals surface area (Å²) in [4.78, 5) is 14.5. The molecule has 142 valence electrons. The largest absolute Gasteiger partial charge is 0.444 e. The van der Waals surface area contributed by atoms with E-state index in [-0.39, 0.29) is 16.9 Å². The fourth-order valence-electron chi connectivity index (χ4n) is 2.35. The molecule has 0 aliphatic heterocycles. The van der Waals surface area contributed by atoms with Crippen LogP contribution in [0.3, 0.4) is 0 Å². The van der Waals surface area contributed by atoms with Gasteiger partial charge in [0.2, 0.25) is 0 Å². The second-order valence-corrected chi connectivity index (χ2v) is 9.94. The van der Waals surface area contributed by atoms with Crippen molar-refractivity contribution in [2.75, 3.05) is 5.88 Å². The van der Waals surface area contributed by atoms with Crippen molar-refractivity contribution in [2.45, 2.75) is 77.4 Å². The van der Waals surface area contributed by atoms with Crippen molar-refractivity contribution in [3.63, 3.8) is 0 Å². The summed E-state index contributed by atoms with van der Waals surface area (Å²) in [5, 5.41) is 10.9. The van der Waals surface area contributed by atoms with Gasteiger partial charge in [-0.1, -0.05) is 58.0 Å². The Hall–Kier alpha value is -1.20. The molecule has 0 aromatic heterocycles. The number of nitrogens with zero attached hydrogens (tertiary/aromatic N) is 1. The van der Waals surface area contributed by atoms with Crippen LogP contribution in [0.15, 0.2) is 30.3 Å². The zero-order chi connectivity index (χ0) is 19.3. The van der Waals surface area contributed by atoms with E-state index in [4.69, 9.17) is 4.74 Å². The molecule has 1 rings (SSSR count). The summed E-state index contributed by atoms with van der Waals surface area (Å²) in [6, 6.07) is 9.14.